The summed E-state index contributed by atoms with van der Waals surface area (Å²) in [6.07, 6.45) is 1.54. The monoisotopic (exact) mass is 448 g/mol. The number of phenols is 1. The van der Waals surface area contributed by atoms with Crippen molar-refractivity contribution in [3.63, 3.8) is 0 Å². The maximum absolute atomic E-state index is 12.7. The van der Waals surface area contributed by atoms with E-state index in [-0.39, 0.29) is 27.6 Å². The van der Waals surface area contributed by atoms with Crippen molar-refractivity contribution in [1.82, 2.24) is 9.62 Å². The van der Waals surface area contributed by atoms with Gasteiger partial charge in [-0.05, 0) is 37.1 Å². The molecule has 0 aromatic heterocycles. The van der Waals surface area contributed by atoms with Crippen molar-refractivity contribution in [2.24, 2.45) is 0 Å². The quantitative estimate of drug-likeness (QED) is 0.328. The molecule has 164 valence electrons. The molecule has 2 aromatic carbocycles. The Balaban J connectivity index is 1.66. The van der Waals surface area contributed by atoms with Crippen LogP contribution in [0.15, 0.2) is 47.4 Å². The first-order valence-electron chi connectivity index (χ1n) is 9.34. The fraction of sp³-hybridized carbons (Fsp3) is 0.263. The molecule has 0 unspecified atom stereocenters. The van der Waals surface area contributed by atoms with Gasteiger partial charge in [-0.2, -0.15) is 4.31 Å². The first-order chi connectivity index (χ1) is 14.7. The topological polar surface area (TPSA) is 159 Å². The Kier molecular flexibility index (Phi) is 6.51. The van der Waals surface area contributed by atoms with Gasteiger partial charge in [-0.15, -0.1) is 0 Å². The molecule has 0 spiro atoms. The number of hydrogen-bond acceptors (Lipinski definition) is 7. The van der Waals surface area contributed by atoms with Crippen molar-refractivity contribution in [2.45, 2.75) is 17.7 Å². The number of benzene rings is 2. The van der Waals surface area contributed by atoms with E-state index in [1.165, 1.54) is 34.6 Å². The van der Waals surface area contributed by atoms with E-state index in [1.54, 1.807) is 0 Å². The van der Waals surface area contributed by atoms with Gasteiger partial charge in [-0.25, -0.2) is 8.42 Å². The third kappa shape index (κ3) is 5.16. The van der Waals surface area contributed by atoms with Crippen molar-refractivity contribution in [3.8, 4) is 5.75 Å². The number of anilines is 1. The number of carbonyl (C=O) groups excluding carboxylic acids is 2. The van der Waals surface area contributed by atoms with Crippen molar-refractivity contribution < 1.29 is 28.0 Å². The fourth-order valence-electron chi connectivity index (χ4n) is 3.07. The highest BCUT2D eigenvalue weighted by Crippen LogP contribution is 2.29. The standard InChI is InChI=1S/C19H20N4O7S/c24-17-7-6-15(31(29,30)22-8-1-2-9-22)11-16(17)21-18(25)12-20-19(26)13-4-3-5-14(10-13)23(27)28/h3-7,10-11,24H,1-2,8-9,12H2,(H,20,26)(H,21,25). The lowest BCUT2D eigenvalue weighted by Gasteiger charge is -2.16. The number of phenolic OH excluding ortho intramolecular Hbond substituents is 1. The summed E-state index contributed by atoms with van der Waals surface area (Å²) < 4.78 is 26.7. The molecule has 1 aliphatic rings. The van der Waals surface area contributed by atoms with E-state index < -0.39 is 33.3 Å². The average Bonchev–Trinajstić information content (AvgIpc) is 3.29. The largest absolute Gasteiger partial charge is 0.506 e. The zero-order valence-electron chi connectivity index (χ0n) is 16.3. The van der Waals surface area contributed by atoms with E-state index >= 15 is 0 Å². The van der Waals surface area contributed by atoms with Gasteiger partial charge in [0, 0.05) is 30.8 Å². The number of amides is 2. The van der Waals surface area contributed by atoms with Crippen LogP contribution in [0, 0.1) is 10.1 Å². The Morgan fingerprint density at radius 3 is 2.52 bits per heavy atom. The molecule has 2 aromatic rings. The number of non-ortho nitro benzene ring substituents is 1. The van der Waals surface area contributed by atoms with Gasteiger partial charge in [-0.1, -0.05) is 6.07 Å². The lowest BCUT2D eigenvalue weighted by atomic mass is 10.2. The Hall–Kier alpha value is -3.51. The van der Waals surface area contributed by atoms with Crippen LogP contribution in [0.5, 0.6) is 5.75 Å². The van der Waals surface area contributed by atoms with Gasteiger partial charge in [0.2, 0.25) is 15.9 Å². The number of nitro benzene ring substituents is 1. The van der Waals surface area contributed by atoms with E-state index in [0.29, 0.717) is 13.1 Å². The maximum Gasteiger partial charge on any atom is 0.270 e. The summed E-state index contributed by atoms with van der Waals surface area (Å²) in [5.41, 5.74) is -0.378. The molecule has 3 N–H and O–H groups in total. The average molecular weight is 448 g/mol. The minimum absolute atomic E-state index is 0.00329. The summed E-state index contributed by atoms with van der Waals surface area (Å²) in [4.78, 5) is 34.4. The van der Waals surface area contributed by atoms with Gasteiger partial charge in [0.1, 0.15) is 5.75 Å². The Labute approximate surface area is 177 Å². The number of carbonyl (C=O) groups is 2. The second-order valence-corrected chi connectivity index (χ2v) is 8.77. The van der Waals surface area contributed by atoms with E-state index in [2.05, 4.69) is 10.6 Å². The molecule has 31 heavy (non-hydrogen) atoms. The van der Waals surface area contributed by atoms with Gasteiger partial charge in [0.15, 0.2) is 0 Å². The first-order valence-corrected chi connectivity index (χ1v) is 10.8. The predicted octanol–water partition coefficient (Wildman–Crippen LogP) is 1.45. The molecule has 11 nitrogen and oxygen atoms in total. The van der Waals surface area contributed by atoms with Crippen LogP contribution >= 0.6 is 0 Å². The molecule has 3 rings (SSSR count). The molecule has 1 heterocycles. The highest BCUT2D eigenvalue weighted by Gasteiger charge is 2.28. The van der Waals surface area contributed by atoms with Crippen molar-refractivity contribution in [2.75, 3.05) is 25.0 Å². The minimum atomic E-state index is -3.74. The van der Waals surface area contributed by atoms with E-state index in [1.807, 2.05) is 0 Å². The number of nitrogens with zero attached hydrogens (tertiary/aromatic N) is 2. The highest BCUT2D eigenvalue weighted by molar-refractivity contribution is 7.89. The van der Waals surface area contributed by atoms with Crippen molar-refractivity contribution >= 4 is 33.2 Å². The minimum Gasteiger partial charge on any atom is -0.506 e. The molecule has 0 bridgehead atoms. The SMILES string of the molecule is O=C(CNC(=O)c1cccc([N+](=O)[O-])c1)Nc1cc(S(=O)(=O)N2CCCC2)ccc1O. The number of nitrogens with one attached hydrogen (secondary N) is 2. The third-order valence-electron chi connectivity index (χ3n) is 4.67. The normalized spacial score (nSPS) is 14.2. The van der Waals surface area contributed by atoms with Crippen LogP contribution in [0.1, 0.15) is 23.2 Å². The van der Waals surface area contributed by atoms with Gasteiger partial charge in [0.25, 0.3) is 11.6 Å². The van der Waals surface area contributed by atoms with Gasteiger partial charge in [-0.3, -0.25) is 19.7 Å². The van der Waals surface area contributed by atoms with Gasteiger partial charge in [0.05, 0.1) is 22.1 Å². The Bertz CT molecular complexity index is 1130. The number of nitro groups is 1. The zero-order valence-corrected chi connectivity index (χ0v) is 17.1. The van der Waals surface area contributed by atoms with Crippen LogP contribution in [0.4, 0.5) is 11.4 Å². The van der Waals surface area contributed by atoms with Crippen LogP contribution in [-0.2, 0) is 14.8 Å². The maximum atomic E-state index is 12.7. The van der Waals surface area contributed by atoms with E-state index in [0.717, 1.165) is 25.0 Å². The predicted molar refractivity (Wildman–Crippen MR) is 110 cm³/mol. The molecule has 0 atom stereocenters. The lowest BCUT2D eigenvalue weighted by molar-refractivity contribution is -0.384. The smallest absolute Gasteiger partial charge is 0.270 e. The molecule has 12 heteroatoms. The van der Waals surface area contributed by atoms with Crippen LogP contribution < -0.4 is 10.6 Å². The fourth-order valence-corrected chi connectivity index (χ4v) is 4.61. The number of hydrogen-bond donors (Lipinski definition) is 3. The van der Waals surface area contributed by atoms with Crippen molar-refractivity contribution in [1.29, 1.82) is 0 Å². The second kappa shape index (κ2) is 9.10. The molecular formula is C19H20N4O7S. The summed E-state index contributed by atoms with van der Waals surface area (Å²) in [7, 11) is -3.74. The molecular weight excluding hydrogens is 428 g/mol. The number of sulfonamides is 1. The summed E-state index contributed by atoms with van der Waals surface area (Å²) in [6, 6.07) is 8.59. The molecule has 2 amide bonds. The van der Waals surface area contributed by atoms with E-state index in [4.69, 9.17) is 0 Å². The summed E-state index contributed by atoms with van der Waals surface area (Å²) in [6.45, 7) is 0.327. The van der Waals surface area contributed by atoms with Crippen LogP contribution in [0.3, 0.4) is 0 Å². The Morgan fingerprint density at radius 2 is 1.84 bits per heavy atom. The summed E-state index contributed by atoms with van der Waals surface area (Å²) in [5.74, 6) is -1.75. The van der Waals surface area contributed by atoms with Crippen LogP contribution in [0.2, 0.25) is 0 Å². The molecule has 1 fully saturated rings. The Morgan fingerprint density at radius 1 is 1.13 bits per heavy atom. The number of rotatable bonds is 7. The molecule has 0 radical (unpaired) electrons. The molecule has 0 aliphatic carbocycles. The van der Waals surface area contributed by atoms with Gasteiger partial charge >= 0.3 is 0 Å². The number of aromatic hydroxyl groups is 1. The molecule has 1 aliphatic heterocycles. The summed E-state index contributed by atoms with van der Waals surface area (Å²) in [5, 5.41) is 25.4. The first kappa shape index (κ1) is 22.2. The van der Waals surface area contributed by atoms with Crippen LogP contribution in [0.25, 0.3) is 0 Å². The van der Waals surface area contributed by atoms with Crippen molar-refractivity contribution in [3.05, 3.63) is 58.1 Å². The van der Waals surface area contributed by atoms with Crippen LogP contribution in [-0.4, -0.2) is 54.2 Å². The highest BCUT2D eigenvalue weighted by atomic mass is 32.2. The zero-order chi connectivity index (χ0) is 22.6. The third-order valence-corrected chi connectivity index (χ3v) is 6.57. The van der Waals surface area contributed by atoms with E-state index in [9.17, 15) is 33.2 Å². The molecule has 1 saturated heterocycles. The molecule has 0 saturated carbocycles. The summed E-state index contributed by atoms with van der Waals surface area (Å²) >= 11 is 0. The van der Waals surface area contributed by atoms with Gasteiger partial charge < -0.3 is 15.7 Å². The second-order valence-electron chi connectivity index (χ2n) is 6.83. The lowest BCUT2D eigenvalue weighted by Crippen LogP contribution is -2.33.